The molecule has 0 atom stereocenters. The zero-order chi connectivity index (χ0) is 9.68. The van der Waals surface area contributed by atoms with Gasteiger partial charge in [0.15, 0.2) is 0 Å². The van der Waals surface area contributed by atoms with E-state index in [4.69, 9.17) is 5.41 Å². The van der Waals surface area contributed by atoms with Gasteiger partial charge in [0.1, 0.15) is 0 Å². The van der Waals surface area contributed by atoms with Gasteiger partial charge in [-0.25, -0.2) is 0 Å². The molecule has 1 heteroatoms. The molecule has 0 aromatic heterocycles. The second-order valence-electron chi connectivity index (χ2n) is 3.97. The molecule has 0 amide bonds. The lowest BCUT2D eigenvalue weighted by atomic mass is 9.86. The molecule has 1 saturated carbocycles. The largest absolute Gasteiger partial charge is 0.310 e. The molecule has 1 N–H and O–H groups in total. The molecule has 0 aliphatic heterocycles. The fraction of sp³-hybridized carbons (Fsp3) is 0.750. The van der Waals surface area contributed by atoms with E-state index in [0.717, 1.165) is 24.5 Å². The lowest BCUT2D eigenvalue weighted by Crippen LogP contribution is -2.11. The lowest BCUT2D eigenvalue weighted by Gasteiger charge is -2.20. The minimum absolute atomic E-state index is 0.768. The van der Waals surface area contributed by atoms with E-state index in [1.807, 2.05) is 0 Å². The summed E-state index contributed by atoms with van der Waals surface area (Å²) in [4.78, 5) is 0. The molecule has 0 bridgehead atoms. The van der Waals surface area contributed by atoms with Crippen LogP contribution in [0.2, 0.25) is 0 Å². The summed E-state index contributed by atoms with van der Waals surface area (Å²) in [6.45, 7) is 4.47. The van der Waals surface area contributed by atoms with Crippen molar-refractivity contribution in [3.8, 4) is 0 Å². The Morgan fingerprint density at radius 2 is 1.85 bits per heavy atom. The summed E-state index contributed by atoms with van der Waals surface area (Å²) in [5.74, 6) is 0.768. The van der Waals surface area contributed by atoms with Gasteiger partial charge in [-0.05, 0) is 44.4 Å². The molecule has 1 rings (SSSR count). The van der Waals surface area contributed by atoms with E-state index in [1.165, 1.54) is 25.7 Å². The van der Waals surface area contributed by atoms with Crippen LogP contribution in [0.25, 0.3) is 0 Å². The van der Waals surface area contributed by atoms with Gasteiger partial charge in [-0.2, -0.15) is 0 Å². The first-order valence-corrected chi connectivity index (χ1v) is 5.52. The lowest BCUT2D eigenvalue weighted by molar-refractivity contribution is 0.527. The second kappa shape index (κ2) is 5.21. The molecule has 74 valence electrons. The van der Waals surface area contributed by atoms with Crippen molar-refractivity contribution < 1.29 is 0 Å². The topological polar surface area (TPSA) is 23.9 Å². The highest BCUT2D eigenvalue weighted by molar-refractivity contribution is 5.81. The van der Waals surface area contributed by atoms with Crippen LogP contribution < -0.4 is 0 Å². The summed E-state index contributed by atoms with van der Waals surface area (Å²) >= 11 is 0. The van der Waals surface area contributed by atoms with Gasteiger partial charge in [0.05, 0.1) is 0 Å². The maximum Gasteiger partial charge on any atom is 0.00896 e. The fourth-order valence-corrected chi connectivity index (χ4v) is 1.97. The molecule has 0 unspecified atom stereocenters. The molecule has 1 aliphatic rings. The third kappa shape index (κ3) is 3.33. The molecule has 0 aromatic carbocycles. The van der Waals surface area contributed by atoms with Crippen LogP contribution in [0.3, 0.4) is 0 Å². The molecule has 13 heavy (non-hydrogen) atoms. The van der Waals surface area contributed by atoms with Crippen LogP contribution >= 0.6 is 0 Å². The molecular formula is C12H21N. The van der Waals surface area contributed by atoms with E-state index in [-0.39, 0.29) is 0 Å². The average Bonchev–Trinajstić information content (AvgIpc) is 2.17. The highest BCUT2D eigenvalue weighted by Gasteiger charge is 2.14. The third-order valence-electron chi connectivity index (χ3n) is 3.01. The maximum absolute atomic E-state index is 7.53. The van der Waals surface area contributed by atoms with Gasteiger partial charge in [-0.3, -0.25) is 0 Å². The van der Waals surface area contributed by atoms with Crippen molar-refractivity contribution in [3.63, 3.8) is 0 Å². The highest BCUT2D eigenvalue weighted by Crippen LogP contribution is 2.25. The van der Waals surface area contributed by atoms with Crippen LogP contribution in [0.5, 0.6) is 0 Å². The molecule has 0 aromatic rings. The van der Waals surface area contributed by atoms with Crippen molar-refractivity contribution in [2.45, 2.75) is 52.4 Å². The first-order chi connectivity index (χ1) is 6.26. The number of rotatable bonds is 3. The van der Waals surface area contributed by atoms with E-state index in [2.05, 4.69) is 19.9 Å². The minimum atomic E-state index is 0.768. The summed E-state index contributed by atoms with van der Waals surface area (Å²) in [6.07, 6.45) is 9.34. The number of hydrogen-bond acceptors (Lipinski definition) is 1. The summed E-state index contributed by atoms with van der Waals surface area (Å²) in [6, 6.07) is 0. The Balaban J connectivity index is 2.44. The first kappa shape index (κ1) is 10.5. The molecule has 1 aliphatic carbocycles. The number of hydrogen-bond donors (Lipinski definition) is 1. The Morgan fingerprint density at radius 1 is 1.31 bits per heavy atom. The Bertz CT molecular complexity index is 187. The van der Waals surface area contributed by atoms with Gasteiger partial charge in [0, 0.05) is 5.71 Å². The van der Waals surface area contributed by atoms with Crippen molar-refractivity contribution in [1.82, 2.24) is 0 Å². The van der Waals surface area contributed by atoms with Gasteiger partial charge in [0.25, 0.3) is 0 Å². The molecule has 1 nitrogen and oxygen atoms in total. The van der Waals surface area contributed by atoms with E-state index >= 15 is 0 Å². The second-order valence-corrected chi connectivity index (χ2v) is 3.97. The van der Waals surface area contributed by atoms with Crippen LogP contribution in [0.1, 0.15) is 52.4 Å². The number of nitrogens with one attached hydrogen (secondary N) is 1. The van der Waals surface area contributed by atoms with Gasteiger partial charge >= 0.3 is 0 Å². The fourth-order valence-electron chi connectivity index (χ4n) is 1.97. The van der Waals surface area contributed by atoms with Crippen molar-refractivity contribution in [3.05, 3.63) is 11.6 Å². The van der Waals surface area contributed by atoms with E-state index in [9.17, 15) is 0 Å². The molecule has 0 saturated heterocycles. The van der Waals surface area contributed by atoms with Crippen molar-refractivity contribution in [2.75, 3.05) is 0 Å². The van der Waals surface area contributed by atoms with Crippen molar-refractivity contribution >= 4 is 5.71 Å². The SMILES string of the molecule is CCC(=CC1CCC(=N)CC1)CC. The van der Waals surface area contributed by atoms with Crippen LogP contribution in [0.15, 0.2) is 11.6 Å². The predicted octanol–water partition coefficient (Wildman–Crippen LogP) is 3.94. The third-order valence-corrected chi connectivity index (χ3v) is 3.01. The first-order valence-electron chi connectivity index (χ1n) is 5.52. The van der Waals surface area contributed by atoms with Gasteiger partial charge in [-0.1, -0.05) is 25.5 Å². The average molecular weight is 179 g/mol. The Labute approximate surface area is 81.7 Å². The standard InChI is InChI=1S/C12H21N/c1-3-10(4-2)9-11-5-7-12(13)8-6-11/h9,11,13H,3-8H2,1-2H3. The van der Waals surface area contributed by atoms with E-state index < -0.39 is 0 Å². The van der Waals surface area contributed by atoms with Crippen molar-refractivity contribution in [1.29, 1.82) is 5.41 Å². The molecule has 0 radical (unpaired) electrons. The maximum atomic E-state index is 7.53. The van der Waals surface area contributed by atoms with Crippen LogP contribution in [-0.2, 0) is 0 Å². The highest BCUT2D eigenvalue weighted by atomic mass is 14.4. The van der Waals surface area contributed by atoms with Crippen molar-refractivity contribution in [2.24, 2.45) is 5.92 Å². The summed E-state index contributed by atoms with van der Waals surface area (Å²) in [5, 5.41) is 7.53. The predicted molar refractivity (Wildman–Crippen MR) is 58.3 cm³/mol. The zero-order valence-corrected chi connectivity index (χ0v) is 8.90. The van der Waals surface area contributed by atoms with Crippen LogP contribution in [-0.4, -0.2) is 5.71 Å². The Hall–Kier alpha value is -0.590. The molecule has 0 heterocycles. The zero-order valence-electron chi connectivity index (χ0n) is 8.90. The number of allylic oxidation sites excluding steroid dienone is 2. The molecule has 1 fully saturated rings. The molecule has 0 spiro atoms. The van der Waals surface area contributed by atoms with Crippen LogP contribution in [0, 0.1) is 11.3 Å². The Kier molecular flexibility index (Phi) is 4.20. The Morgan fingerprint density at radius 3 is 2.31 bits per heavy atom. The minimum Gasteiger partial charge on any atom is -0.310 e. The normalized spacial score (nSPS) is 22.9. The molecular weight excluding hydrogens is 158 g/mol. The smallest absolute Gasteiger partial charge is 0.00896 e. The summed E-state index contributed by atoms with van der Waals surface area (Å²) in [7, 11) is 0. The van der Waals surface area contributed by atoms with E-state index in [0.29, 0.717) is 0 Å². The van der Waals surface area contributed by atoms with Crippen LogP contribution in [0.4, 0.5) is 0 Å². The van der Waals surface area contributed by atoms with Gasteiger partial charge < -0.3 is 5.41 Å². The van der Waals surface area contributed by atoms with Gasteiger partial charge in [0.2, 0.25) is 0 Å². The van der Waals surface area contributed by atoms with Gasteiger partial charge in [-0.15, -0.1) is 0 Å². The quantitative estimate of drug-likeness (QED) is 0.634. The monoisotopic (exact) mass is 179 g/mol. The van der Waals surface area contributed by atoms with E-state index in [1.54, 1.807) is 5.57 Å². The summed E-state index contributed by atoms with van der Waals surface area (Å²) < 4.78 is 0. The summed E-state index contributed by atoms with van der Waals surface area (Å²) in [5.41, 5.74) is 2.55.